The van der Waals surface area contributed by atoms with Crippen molar-refractivity contribution in [3.63, 3.8) is 0 Å². The third-order valence-corrected chi connectivity index (χ3v) is 5.64. The Morgan fingerprint density at radius 2 is 2.14 bits per heavy atom. The number of hydrogen-bond donors (Lipinski definition) is 1. The molecule has 0 radical (unpaired) electrons. The molecule has 1 heterocycles. The minimum atomic E-state index is -0.753. The third kappa shape index (κ3) is 2.99. The predicted molar refractivity (Wildman–Crippen MR) is 81.4 cm³/mol. The van der Waals surface area contributed by atoms with Gasteiger partial charge in [-0.05, 0) is 48.9 Å². The van der Waals surface area contributed by atoms with Gasteiger partial charge in [0.25, 0.3) is 0 Å². The van der Waals surface area contributed by atoms with Crippen LogP contribution in [-0.4, -0.2) is 28.1 Å². The van der Waals surface area contributed by atoms with Crippen LogP contribution in [0.3, 0.4) is 0 Å². The average molecular weight is 356 g/mol. The van der Waals surface area contributed by atoms with Crippen LogP contribution < -0.4 is 0 Å². The molecule has 2 fully saturated rings. The summed E-state index contributed by atoms with van der Waals surface area (Å²) in [5.41, 5.74) is 0.826. The minimum Gasteiger partial charge on any atom is -0.480 e. The lowest BCUT2D eigenvalue weighted by Crippen LogP contribution is -2.41. The van der Waals surface area contributed by atoms with Gasteiger partial charge in [-0.15, -0.1) is 0 Å². The number of likely N-dealkylation sites (tertiary alicyclic amines) is 1. The van der Waals surface area contributed by atoms with E-state index in [2.05, 4.69) is 20.8 Å². The van der Waals surface area contributed by atoms with Crippen molar-refractivity contribution >= 4 is 21.9 Å². The fourth-order valence-corrected chi connectivity index (χ4v) is 4.26. The van der Waals surface area contributed by atoms with E-state index < -0.39 is 12.0 Å². The highest BCUT2D eigenvalue weighted by atomic mass is 79.9. The molecule has 1 saturated heterocycles. The van der Waals surface area contributed by atoms with Crippen molar-refractivity contribution in [2.45, 2.75) is 50.7 Å². The zero-order valence-electron chi connectivity index (χ0n) is 11.8. The van der Waals surface area contributed by atoms with Gasteiger partial charge in [0.15, 0.2) is 0 Å². The van der Waals surface area contributed by atoms with E-state index in [-0.39, 0.29) is 5.82 Å². The first-order valence-electron chi connectivity index (χ1n) is 7.48. The second-order valence-corrected chi connectivity index (χ2v) is 6.96. The van der Waals surface area contributed by atoms with Crippen LogP contribution in [0.1, 0.15) is 37.7 Å². The van der Waals surface area contributed by atoms with Gasteiger partial charge in [-0.1, -0.05) is 28.8 Å². The van der Waals surface area contributed by atoms with E-state index in [0.717, 1.165) is 35.7 Å². The molecule has 5 heteroatoms. The molecule has 0 aromatic heterocycles. The fourth-order valence-electron chi connectivity index (χ4n) is 3.88. The number of rotatable bonds is 3. The monoisotopic (exact) mass is 355 g/mol. The zero-order chi connectivity index (χ0) is 15.0. The highest BCUT2D eigenvalue weighted by Gasteiger charge is 2.45. The summed E-state index contributed by atoms with van der Waals surface area (Å²) in [6, 6.07) is 4.49. The molecule has 3 atom stereocenters. The van der Waals surface area contributed by atoms with Crippen LogP contribution >= 0.6 is 15.9 Å². The van der Waals surface area contributed by atoms with Crippen molar-refractivity contribution in [2.75, 3.05) is 0 Å². The van der Waals surface area contributed by atoms with Gasteiger partial charge in [0.05, 0.1) is 0 Å². The lowest BCUT2D eigenvalue weighted by molar-refractivity contribution is -0.142. The van der Waals surface area contributed by atoms with E-state index in [1.54, 1.807) is 6.07 Å². The number of carbonyl (C=O) groups is 1. The molecule has 3 nitrogen and oxygen atoms in total. The molecule has 2 aliphatic rings. The lowest BCUT2D eigenvalue weighted by Gasteiger charge is -2.33. The van der Waals surface area contributed by atoms with Crippen LogP contribution in [0.4, 0.5) is 4.39 Å². The van der Waals surface area contributed by atoms with Gasteiger partial charge in [0.2, 0.25) is 0 Å². The number of carboxylic acid groups (broad SMARTS) is 1. The second-order valence-electron chi connectivity index (χ2n) is 6.11. The number of benzene rings is 1. The summed E-state index contributed by atoms with van der Waals surface area (Å²) in [6.45, 7) is 0.497. The quantitative estimate of drug-likeness (QED) is 0.896. The molecule has 1 N–H and O–H groups in total. The van der Waals surface area contributed by atoms with E-state index in [1.165, 1.54) is 18.6 Å². The van der Waals surface area contributed by atoms with Gasteiger partial charge in [0.1, 0.15) is 11.9 Å². The number of halogens is 2. The molecule has 1 aromatic carbocycles. The number of hydrogen-bond acceptors (Lipinski definition) is 2. The molecule has 0 spiro atoms. The summed E-state index contributed by atoms with van der Waals surface area (Å²) in [7, 11) is 0. The number of fused-ring (bicyclic) bond motifs is 1. The van der Waals surface area contributed by atoms with Gasteiger partial charge in [-0.3, -0.25) is 9.69 Å². The van der Waals surface area contributed by atoms with E-state index in [4.69, 9.17) is 0 Å². The number of nitrogens with zero attached hydrogens (tertiary/aromatic N) is 1. The first-order chi connectivity index (χ1) is 10.1. The van der Waals surface area contributed by atoms with E-state index in [1.807, 2.05) is 0 Å². The Morgan fingerprint density at radius 1 is 1.38 bits per heavy atom. The van der Waals surface area contributed by atoms with Crippen LogP contribution in [0, 0.1) is 11.7 Å². The van der Waals surface area contributed by atoms with E-state index in [9.17, 15) is 14.3 Å². The van der Waals surface area contributed by atoms with E-state index in [0.29, 0.717) is 18.5 Å². The molecular formula is C16H19BrFNO2. The third-order valence-electron chi connectivity index (χ3n) is 4.87. The van der Waals surface area contributed by atoms with Gasteiger partial charge >= 0.3 is 5.97 Å². The first-order valence-corrected chi connectivity index (χ1v) is 8.28. The van der Waals surface area contributed by atoms with Crippen LogP contribution in [-0.2, 0) is 11.3 Å². The van der Waals surface area contributed by atoms with E-state index >= 15 is 0 Å². The largest absolute Gasteiger partial charge is 0.480 e. The maximum atomic E-state index is 13.5. The van der Waals surface area contributed by atoms with Crippen LogP contribution in [0.5, 0.6) is 0 Å². The average Bonchev–Trinajstić information content (AvgIpc) is 2.82. The molecule has 3 rings (SSSR count). The summed E-state index contributed by atoms with van der Waals surface area (Å²) in [5.74, 6) is -0.552. The standard InChI is InChI=1S/C16H19BrFNO2/c17-13-6-5-12(18)7-11(13)9-19-14-4-2-1-3-10(14)8-15(19)16(20)21/h5-7,10,14-15H,1-4,8-9H2,(H,20,21)/t10-,14+,15+/m1/s1. The fraction of sp³-hybridized carbons (Fsp3) is 0.562. The Morgan fingerprint density at radius 3 is 2.90 bits per heavy atom. The molecule has 0 amide bonds. The van der Waals surface area contributed by atoms with Gasteiger partial charge < -0.3 is 5.11 Å². The number of aliphatic carboxylic acids is 1. The molecule has 1 aromatic rings. The van der Waals surface area contributed by atoms with Crippen molar-refractivity contribution < 1.29 is 14.3 Å². The maximum Gasteiger partial charge on any atom is 0.320 e. The smallest absolute Gasteiger partial charge is 0.320 e. The van der Waals surface area contributed by atoms with Crippen LogP contribution in [0.25, 0.3) is 0 Å². The first kappa shape index (κ1) is 15.0. The number of carboxylic acids is 1. The molecule has 114 valence electrons. The Balaban J connectivity index is 1.86. The summed E-state index contributed by atoms with van der Waals surface area (Å²) < 4.78 is 14.3. The minimum absolute atomic E-state index is 0.278. The Hall–Kier alpha value is -0.940. The van der Waals surface area contributed by atoms with Crippen LogP contribution in [0.15, 0.2) is 22.7 Å². The second kappa shape index (κ2) is 6.05. The SMILES string of the molecule is O=C(O)[C@@H]1C[C@H]2CCCC[C@@H]2N1Cc1cc(F)ccc1Br. The summed E-state index contributed by atoms with van der Waals surface area (Å²) in [5, 5.41) is 9.51. The topological polar surface area (TPSA) is 40.5 Å². The Bertz CT molecular complexity index is 551. The normalized spacial score (nSPS) is 29.3. The molecule has 0 unspecified atom stereocenters. The molecule has 0 bridgehead atoms. The predicted octanol–water partition coefficient (Wildman–Crippen LogP) is 3.81. The summed E-state index contributed by atoms with van der Waals surface area (Å²) in [4.78, 5) is 13.6. The van der Waals surface area contributed by atoms with Crippen molar-refractivity contribution in [1.82, 2.24) is 4.90 Å². The van der Waals surface area contributed by atoms with Gasteiger partial charge in [0, 0.05) is 17.1 Å². The van der Waals surface area contributed by atoms with Crippen molar-refractivity contribution in [2.24, 2.45) is 5.92 Å². The lowest BCUT2D eigenvalue weighted by atomic mass is 9.84. The van der Waals surface area contributed by atoms with Gasteiger partial charge in [-0.2, -0.15) is 0 Å². The van der Waals surface area contributed by atoms with Crippen LogP contribution in [0.2, 0.25) is 0 Å². The zero-order valence-corrected chi connectivity index (χ0v) is 13.4. The molecule has 21 heavy (non-hydrogen) atoms. The highest BCUT2D eigenvalue weighted by molar-refractivity contribution is 9.10. The maximum absolute atomic E-state index is 13.5. The Kier molecular flexibility index (Phi) is 4.31. The van der Waals surface area contributed by atoms with Gasteiger partial charge in [-0.25, -0.2) is 4.39 Å². The molecular weight excluding hydrogens is 337 g/mol. The molecule has 1 aliphatic heterocycles. The highest BCUT2D eigenvalue weighted by Crippen LogP contribution is 2.41. The summed E-state index contributed by atoms with van der Waals surface area (Å²) >= 11 is 3.44. The molecule has 1 aliphatic carbocycles. The Labute approximate surface area is 132 Å². The molecule has 1 saturated carbocycles. The summed E-state index contributed by atoms with van der Waals surface area (Å²) in [6.07, 6.45) is 5.27. The van der Waals surface area contributed by atoms with Crippen molar-refractivity contribution in [3.05, 3.63) is 34.1 Å². The van der Waals surface area contributed by atoms with Crippen molar-refractivity contribution in [1.29, 1.82) is 0 Å². The van der Waals surface area contributed by atoms with Crippen molar-refractivity contribution in [3.8, 4) is 0 Å².